The molecule has 0 aliphatic heterocycles. The number of rotatable bonds is 3. The Balaban J connectivity index is 2.17. The molecule has 1 amide bonds. The molecule has 2 rings (SSSR count). The molecule has 0 unspecified atom stereocenters. The predicted molar refractivity (Wildman–Crippen MR) is 82.8 cm³/mol. The van der Waals surface area contributed by atoms with Crippen molar-refractivity contribution < 1.29 is 9.53 Å². The Labute approximate surface area is 129 Å². The Morgan fingerprint density at radius 2 is 1.85 bits per heavy atom. The zero-order chi connectivity index (χ0) is 14.8. The molecule has 0 saturated heterocycles. The van der Waals surface area contributed by atoms with Crippen LogP contribution in [0.25, 0.3) is 0 Å². The molecule has 0 aromatic heterocycles. The monoisotopic (exact) mass is 315 g/mol. The van der Waals surface area contributed by atoms with Crippen LogP contribution in [0.1, 0.15) is 39.0 Å². The minimum Gasteiger partial charge on any atom is -0.495 e. The van der Waals surface area contributed by atoms with E-state index < -0.39 is 0 Å². The Morgan fingerprint density at radius 1 is 1.20 bits per heavy atom. The zero-order valence-corrected chi connectivity index (χ0v) is 13.3. The highest BCUT2D eigenvalue weighted by Crippen LogP contribution is 2.40. The summed E-state index contributed by atoms with van der Waals surface area (Å²) in [6.07, 6.45) is 5.24. The Bertz CT molecular complexity index is 511. The third kappa shape index (κ3) is 3.04. The molecule has 0 spiro atoms. The van der Waals surface area contributed by atoms with Crippen molar-refractivity contribution in [3.05, 3.63) is 22.2 Å². The molecule has 0 atom stereocenters. The molecule has 1 fully saturated rings. The molecule has 1 aromatic carbocycles. The second kappa shape index (κ2) is 6.23. The molecule has 110 valence electrons. The third-order valence-corrected chi connectivity index (χ3v) is 4.88. The first-order chi connectivity index (χ1) is 9.48. The van der Waals surface area contributed by atoms with E-state index in [1.165, 1.54) is 13.5 Å². The second-order valence-corrected chi connectivity index (χ2v) is 6.27. The number of amides is 1. The summed E-state index contributed by atoms with van der Waals surface area (Å²) in [6.45, 7) is 2.01. The van der Waals surface area contributed by atoms with Crippen LogP contribution in [0, 0.1) is 5.41 Å². The van der Waals surface area contributed by atoms with Crippen molar-refractivity contribution in [3.63, 3.8) is 0 Å². The van der Waals surface area contributed by atoms with Crippen LogP contribution in [0.2, 0.25) is 10.0 Å². The van der Waals surface area contributed by atoms with Crippen LogP contribution in [0.4, 0.5) is 5.69 Å². The number of hydrogen-bond donors (Lipinski definition) is 1. The number of anilines is 1. The number of carbonyl (C=O) groups excluding carboxylic acids is 1. The lowest BCUT2D eigenvalue weighted by molar-refractivity contribution is -0.126. The fourth-order valence-corrected chi connectivity index (χ4v) is 3.06. The Morgan fingerprint density at radius 3 is 2.45 bits per heavy atom. The highest BCUT2D eigenvalue weighted by atomic mass is 35.5. The quantitative estimate of drug-likeness (QED) is 0.860. The van der Waals surface area contributed by atoms with Gasteiger partial charge in [0.25, 0.3) is 0 Å². The van der Waals surface area contributed by atoms with Gasteiger partial charge in [-0.3, -0.25) is 4.79 Å². The van der Waals surface area contributed by atoms with Gasteiger partial charge in [-0.25, -0.2) is 0 Å². The van der Waals surface area contributed by atoms with Gasteiger partial charge in [-0.2, -0.15) is 0 Å². The smallest absolute Gasteiger partial charge is 0.230 e. The molecule has 1 aromatic rings. The van der Waals surface area contributed by atoms with Crippen LogP contribution < -0.4 is 10.1 Å². The predicted octanol–water partition coefficient (Wildman–Crippen LogP) is 4.91. The van der Waals surface area contributed by atoms with Gasteiger partial charge in [-0.1, -0.05) is 49.4 Å². The van der Waals surface area contributed by atoms with E-state index in [-0.39, 0.29) is 11.3 Å². The number of hydrogen-bond acceptors (Lipinski definition) is 2. The summed E-state index contributed by atoms with van der Waals surface area (Å²) in [6, 6.07) is 3.42. The first-order valence-electron chi connectivity index (χ1n) is 6.81. The number of benzene rings is 1. The molecule has 0 bridgehead atoms. The minimum atomic E-state index is -0.312. The minimum absolute atomic E-state index is 0.0142. The Hall–Kier alpha value is -0.930. The van der Waals surface area contributed by atoms with E-state index in [9.17, 15) is 4.79 Å². The van der Waals surface area contributed by atoms with Crippen molar-refractivity contribution in [2.45, 2.75) is 39.0 Å². The molecular weight excluding hydrogens is 297 g/mol. The largest absolute Gasteiger partial charge is 0.495 e. The highest BCUT2D eigenvalue weighted by molar-refractivity contribution is 6.44. The molecule has 0 heterocycles. The van der Waals surface area contributed by atoms with Crippen LogP contribution >= 0.6 is 23.2 Å². The van der Waals surface area contributed by atoms with E-state index in [0.29, 0.717) is 21.5 Å². The van der Waals surface area contributed by atoms with Crippen molar-refractivity contribution in [2.75, 3.05) is 12.4 Å². The molecule has 1 N–H and O–H groups in total. The van der Waals surface area contributed by atoms with Gasteiger partial charge in [0, 0.05) is 5.41 Å². The van der Waals surface area contributed by atoms with Gasteiger partial charge < -0.3 is 10.1 Å². The number of halogens is 2. The average Bonchev–Trinajstić information content (AvgIpc) is 2.45. The summed E-state index contributed by atoms with van der Waals surface area (Å²) < 4.78 is 5.09. The first kappa shape index (κ1) is 15.5. The van der Waals surface area contributed by atoms with Gasteiger partial charge in [-0.05, 0) is 25.0 Å². The average molecular weight is 316 g/mol. The number of methoxy groups -OCH3 is 1. The topological polar surface area (TPSA) is 38.3 Å². The molecular formula is C15H19Cl2NO2. The maximum Gasteiger partial charge on any atom is 0.230 e. The van der Waals surface area contributed by atoms with E-state index in [4.69, 9.17) is 27.9 Å². The van der Waals surface area contributed by atoms with Crippen molar-refractivity contribution in [1.82, 2.24) is 0 Å². The second-order valence-electron chi connectivity index (χ2n) is 5.52. The normalized spacial score (nSPS) is 17.6. The molecule has 3 nitrogen and oxygen atoms in total. The van der Waals surface area contributed by atoms with Gasteiger partial charge in [0.1, 0.15) is 10.8 Å². The lowest BCUT2D eigenvalue weighted by Crippen LogP contribution is -2.35. The summed E-state index contributed by atoms with van der Waals surface area (Å²) in [5.74, 6) is 0.513. The van der Waals surface area contributed by atoms with E-state index in [2.05, 4.69) is 5.32 Å². The van der Waals surface area contributed by atoms with E-state index in [0.717, 1.165) is 25.7 Å². The summed E-state index contributed by atoms with van der Waals surface area (Å²) in [5, 5.41) is 3.54. The van der Waals surface area contributed by atoms with Crippen LogP contribution in [-0.4, -0.2) is 13.0 Å². The molecule has 1 saturated carbocycles. The number of nitrogens with one attached hydrogen (secondary N) is 1. The highest BCUT2D eigenvalue weighted by Gasteiger charge is 2.34. The van der Waals surface area contributed by atoms with Crippen molar-refractivity contribution in [3.8, 4) is 5.75 Å². The summed E-state index contributed by atoms with van der Waals surface area (Å²) in [4.78, 5) is 12.5. The lowest BCUT2D eigenvalue weighted by Gasteiger charge is -2.32. The molecule has 20 heavy (non-hydrogen) atoms. The summed E-state index contributed by atoms with van der Waals surface area (Å²) in [7, 11) is 1.53. The van der Waals surface area contributed by atoms with E-state index in [1.807, 2.05) is 6.92 Å². The summed E-state index contributed by atoms with van der Waals surface area (Å²) in [5.41, 5.74) is 0.225. The van der Waals surface area contributed by atoms with Gasteiger partial charge in [0.05, 0.1) is 17.8 Å². The Kier molecular flexibility index (Phi) is 4.82. The zero-order valence-electron chi connectivity index (χ0n) is 11.8. The summed E-state index contributed by atoms with van der Waals surface area (Å²) >= 11 is 12.3. The van der Waals surface area contributed by atoms with Gasteiger partial charge in [-0.15, -0.1) is 0 Å². The van der Waals surface area contributed by atoms with Gasteiger partial charge >= 0.3 is 0 Å². The molecule has 1 aliphatic rings. The lowest BCUT2D eigenvalue weighted by atomic mass is 9.75. The van der Waals surface area contributed by atoms with Crippen molar-refractivity contribution >= 4 is 34.8 Å². The maximum atomic E-state index is 12.5. The molecule has 1 aliphatic carbocycles. The van der Waals surface area contributed by atoms with Crippen molar-refractivity contribution in [1.29, 1.82) is 0 Å². The number of ether oxygens (including phenoxy) is 1. The first-order valence-corrected chi connectivity index (χ1v) is 7.57. The maximum absolute atomic E-state index is 12.5. The van der Waals surface area contributed by atoms with E-state index in [1.54, 1.807) is 12.1 Å². The molecule has 5 heteroatoms. The van der Waals surface area contributed by atoms with Gasteiger partial charge in [0.15, 0.2) is 0 Å². The third-order valence-electron chi connectivity index (χ3n) is 4.02. The van der Waals surface area contributed by atoms with Crippen LogP contribution in [0.15, 0.2) is 12.1 Å². The fraction of sp³-hybridized carbons (Fsp3) is 0.533. The standard InChI is InChI=1S/C15H19Cl2NO2/c1-15(8-4-3-5-9-15)14(19)18-10-6-7-11(20-2)13(17)12(10)16/h6-7H,3-5,8-9H2,1-2H3,(H,18,19). The van der Waals surface area contributed by atoms with Crippen LogP contribution in [0.3, 0.4) is 0 Å². The van der Waals surface area contributed by atoms with Crippen LogP contribution in [-0.2, 0) is 4.79 Å². The fourth-order valence-electron chi connectivity index (χ4n) is 2.62. The van der Waals surface area contributed by atoms with Crippen molar-refractivity contribution in [2.24, 2.45) is 5.41 Å². The van der Waals surface area contributed by atoms with Crippen LogP contribution in [0.5, 0.6) is 5.75 Å². The molecule has 0 radical (unpaired) electrons. The SMILES string of the molecule is COc1ccc(NC(=O)C2(C)CCCCC2)c(Cl)c1Cl. The number of carbonyl (C=O) groups is 1. The van der Waals surface area contributed by atoms with Gasteiger partial charge in [0.2, 0.25) is 5.91 Å². The van der Waals surface area contributed by atoms with E-state index >= 15 is 0 Å².